The van der Waals surface area contributed by atoms with Gasteiger partial charge in [0, 0.05) is 18.0 Å². The highest BCUT2D eigenvalue weighted by molar-refractivity contribution is 5.83. The first kappa shape index (κ1) is 19.7. The summed E-state index contributed by atoms with van der Waals surface area (Å²) in [4.78, 5) is 28.0. The van der Waals surface area contributed by atoms with Crippen molar-refractivity contribution in [2.24, 2.45) is 0 Å². The Labute approximate surface area is 143 Å². The highest BCUT2D eigenvalue weighted by Crippen LogP contribution is 2.17. The van der Waals surface area contributed by atoms with E-state index in [0.717, 1.165) is 0 Å². The Kier molecular flexibility index (Phi) is 7.42. The maximum Gasteiger partial charge on any atom is 0.333 e. The molecule has 0 aliphatic carbocycles. The van der Waals surface area contributed by atoms with Crippen LogP contribution in [0.3, 0.4) is 0 Å². The number of rotatable bonds is 7. The molecule has 1 atom stereocenters. The number of aromatic nitrogens is 1. The molecule has 1 N–H and O–H groups in total. The van der Waals surface area contributed by atoms with Crippen LogP contribution in [0.2, 0.25) is 0 Å². The van der Waals surface area contributed by atoms with Crippen molar-refractivity contribution in [3.05, 3.63) is 41.9 Å². The summed E-state index contributed by atoms with van der Waals surface area (Å²) in [5, 5.41) is 3.14. The fraction of sp³-hybridized carbons (Fsp3) is 0.500. The first-order valence-electron chi connectivity index (χ1n) is 7.95. The Balaban J connectivity index is 2.84. The minimum Gasteiger partial charge on any atom is -0.466 e. The molecule has 1 aromatic rings. The van der Waals surface area contributed by atoms with Crippen molar-refractivity contribution >= 4 is 11.9 Å². The van der Waals surface area contributed by atoms with Crippen LogP contribution in [0.4, 0.5) is 0 Å². The standard InChI is InChI=1S/C18H26N2O4/c1-6-23-16(21)12-15(14-9-7-8-10-19-14)20-13(2)11-17(22)24-18(3,4)5/h7-11,15,20H,6,12H2,1-5H3/b13-11+. The van der Waals surface area contributed by atoms with E-state index in [1.165, 1.54) is 6.08 Å². The molecule has 132 valence electrons. The average molecular weight is 334 g/mol. The number of nitrogens with zero attached hydrogens (tertiary/aromatic N) is 1. The van der Waals surface area contributed by atoms with E-state index in [9.17, 15) is 9.59 Å². The molecule has 0 radical (unpaired) electrons. The van der Waals surface area contributed by atoms with Gasteiger partial charge < -0.3 is 14.8 Å². The van der Waals surface area contributed by atoms with E-state index >= 15 is 0 Å². The molecule has 6 heteroatoms. The van der Waals surface area contributed by atoms with Gasteiger partial charge in [-0.05, 0) is 46.8 Å². The van der Waals surface area contributed by atoms with Crippen LogP contribution >= 0.6 is 0 Å². The molecule has 0 aliphatic rings. The minimum absolute atomic E-state index is 0.115. The van der Waals surface area contributed by atoms with Crippen molar-refractivity contribution in [3.8, 4) is 0 Å². The first-order valence-corrected chi connectivity index (χ1v) is 7.95. The summed E-state index contributed by atoms with van der Waals surface area (Å²) in [6.45, 7) is 9.23. The molecule has 0 aromatic carbocycles. The molecule has 0 fully saturated rings. The third kappa shape index (κ3) is 7.76. The number of pyridine rings is 1. The molecular weight excluding hydrogens is 308 g/mol. The Morgan fingerprint density at radius 3 is 2.58 bits per heavy atom. The number of ether oxygens (including phenoxy) is 2. The topological polar surface area (TPSA) is 77.5 Å². The van der Waals surface area contributed by atoms with Crippen LogP contribution in [0, 0.1) is 0 Å². The van der Waals surface area contributed by atoms with E-state index in [2.05, 4.69) is 10.3 Å². The van der Waals surface area contributed by atoms with Gasteiger partial charge in [0.2, 0.25) is 0 Å². The fourth-order valence-corrected chi connectivity index (χ4v) is 2.02. The summed E-state index contributed by atoms with van der Waals surface area (Å²) in [5.41, 5.74) is 0.728. The molecule has 6 nitrogen and oxygen atoms in total. The zero-order chi connectivity index (χ0) is 18.2. The van der Waals surface area contributed by atoms with E-state index in [1.807, 2.05) is 12.1 Å². The van der Waals surface area contributed by atoms with Crippen LogP contribution in [-0.2, 0) is 19.1 Å². The van der Waals surface area contributed by atoms with Crippen LogP contribution in [0.15, 0.2) is 36.2 Å². The van der Waals surface area contributed by atoms with E-state index in [-0.39, 0.29) is 18.4 Å². The molecule has 24 heavy (non-hydrogen) atoms. The number of carbonyl (C=O) groups excluding carboxylic acids is 2. The molecule has 0 aliphatic heterocycles. The van der Waals surface area contributed by atoms with Crippen LogP contribution < -0.4 is 5.32 Å². The lowest BCUT2D eigenvalue weighted by molar-refractivity contribution is -0.148. The maximum atomic E-state index is 11.9. The second kappa shape index (κ2) is 9.05. The molecule has 1 aromatic heterocycles. The fourth-order valence-electron chi connectivity index (χ4n) is 2.02. The summed E-state index contributed by atoms with van der Waals surface area (Å²) >= 11 is 0. The predicted molar refractivity (Wildman–Crippen MR) is 91.0 cm³/mol. The highest BCUT2D eigenvalue weighted by Gasteiger charge is 2.19. The molecule has 1 unspecified atom stereocenters. The Bertz CT molecular complexity index is 576. The lowest BCUT2D eigenvalue weighted by atomic mass is 10.1. The van der Waals surface area contributed by atoms with Gasteiger partial charge in [-0.1, -0.05) is 6.07 Å². The van der Waals surface area contributed by atoms with Crippen molar-refractivity contribution in [2.75, 3.05) is 6.61 Å². The van der Waals surface area contributed by atoms with Crippen molar-refractivity contribution < 1.29 is 19.1 Å². The molecule has 0 spiro atoms. The zero-order valence-electron chi connectivity index (χ0n) is 15.0. The van der Waals surface area contributed by atoms with Gasteiger partial charge >= 0.3 is 11.9 Å². The number of hydrogen-bond acceptors (Lipinski definition) is 6. The molecular formula is C18H26N2O4. The largest absolute Gasteiger partial charge is 0.466 e. The monoisotopic (exact) mass is 334 g/mol. The SMILES string of the molecule is CCOC(=O)CC(N/C(C)=C/C(=O)OC(C)(C)C)c1ccccn1. The van der Waals surface area contributed by atoms with Gasteiger partial charge in [0.25, 0.3) is 0 Å². The maximum absolute atomic E-state index is 11.9. The van der Waals surface area contributed by atoms with Crippen LogP contribution in [-0.4, -0.2) is 29.1 Å². The smallest absolute Gasteiger partial charge is 0.333 e. The average Bonchev–Trinajstić information content (AvgIpc) is 2.45. The predicted octanol–water partition coefficient (Wildman–Crippen LogP) is 2.91. The van der Waals surface area contributed by atoms with Crippen LogP contribution in [0.1, 0.15) is 52.8 Å². The normalized spacial score (nSPS) is 13.1. The summed E-state index contributed by atoms with van der Waals surface area (Å²) < 4.78 is 10.3. The third-order valence-corrected chi connectivity index (χ3v) is 2.86. The first-order chi connectivity index (χ1) is 11.2. The van der Waals surface area contributed by atoms with Gasteiger partial charge in [0.1, 0.15) is 5.60 Å². The Hall–Kier alpha value is -2.37. The summed E-state index contributed by atoms with van der Waals surface area (Å²) in [6, 6.07) is 5.07. The second-order valence-corrected chi connectivity index (χ2v) is 6.32. The van der Waals surface area contributed by atoms with Crippen molar-refractivity contribution in [2.45, 2.75) is 52.7 Å². The third-order valence-electron chi connectivity index (χ3n) is 2.86. The molecule has 0 saturated heterocycles. The molecule has 0 amide bonds. The second-order valence-electron chi connectivity index (χ2n) is 6.32. The summed E-state index contributed by atoms with van der Waals surface area (Å²) in [6.07, 6.45) is 3.14. The van der Waals surface area contributed by atoms with E-state index < -0.39 is 11.6 Å². The van der Waals surface area contributed by atoms with Gasteiger partial charge in [-0.3, -0.25) is 9.78 Å². The van der Waals surface area contributed by atoms with Gasteiger partial charge in [0.05, 0.1) is 24.8 Å². The number of hydrogen-bond donors (Lipinski definition) is 1. The molecule has 1 heterocycles. The highest BCUT2D eigenvalue weighted by atomic mass is 16.6. The lowest BCUT2D eigenvalue weighted by Crippen LogP contribution is -2.26. The van der Waals surface area contributed by atoms with Crippen molar-refractivity contribution in [1.29, 1.82) is 0 Å². The molecule has 1 rings (SSSR count). The Morgan fingerprint density at radius 2 is 2.04 bits per heavy atom. The number of carbonyl (C=O) groups is 2. The molecule has 0 bridgehead atoms. The van der Waals surface area contributed by atoms with E-state index in [1.54, 1.807) is 46.9 Å². The van der Waals surface area contributed by atoms with Crippen molar-refractivity contribution in [1.82, 2.24) is 10.3 Å². The minimum atomic E-state index is -0.556. The van der Waals surface area contributed by atoms with E-state index in [4.69, 9.17) is 9.47 Å². The van der Waals surface area contributed by atoms with Gasteiger partial charge in [-0.15, -0.1) is 0 Å². The molecule has 0 saturated carbocycles. The van der Waals surface area contributed by atoms with Crippen molar-refractivity contribution in [3.63, 3.8) is 0 Å². The summed E-state index contributed by atoms with van der Waals surface area (Å²) in [5.74, 6) is -0.769. The number of allylic oxidation sites excluding steroid dienone is 1. The quantitative estimate of drug-likeness (QED) is 0.610. The lowest BCUT2D eigenvalue weighted by Gasteiger charge is -2.20. The van der Waals surface area contributed by atoms with Gasteiger partial charge in [-0.2, -0.15) is 0 Å². The van der Waals surface area contributed by atoms with E-state index in [0.29, 0.717) is 18.0 Å². The van der Waals surface area contributed by atoms with Crippen LogP contribution in [0.5, 0.6) is 0 Å². The zero-order valence-corrected chi connectivity index (χ0v) is 15.0. The van der Waals surface area contributed by atoms with Crippen LogP contribution in [0.25, 0.3) is 0 Å². The number of esters is 2. The Morgan fingerprint density at radius 1 is 1.33 bits per heavy atom. The van der Waals surface area contributed by atoms with Gasteiger partial charge in [-0.25, -0.2) is 4.79 Å². The summed E-state index contributed by atoms with van der Waals surface area (Å²) in [7, 11) is 0. The number of nitrogens with one attached hydrogen (secondary N) is 1. The van der Waals surface area contributed by atoms with Gasteiger partial charge in [0.15, 0.2) is 0 Å².